The molecule has 0 amide bonds. The minimum atomic E-state index is -0.778. The zero-order chi connectivity index (χ0) is 15.1. The van der Waals surface area contributed by atoms with E-state index in [0.717, 1.165) is 17.7 Å². The lowest BCUT2D eigenvalue weighted by Crippen LogP contribution is -2.09. The Hall–Kier alpha value is -2.11. The van der Waals surface area contributed by atoms with E-state index in [4.69, 9.17) is 5.11 Å². The number of anilines is 1. The van der Waals surface area contributed by atoms with Crippen LogP contribution in [0.5, 0.6) is 0 Å². The van der Waals surface area contributed by atoms with Crippen molar-refractivity contribution in [1.29, 1.82) is 0 Å². The Bertz CT molecular complexity index is 488. The number of benzene rings is 1. The number of aryl methyl sites for hydroxylation is 1. The first-order chi connectivity index (χ1) is 9.40. The number of carbonyl (C=O) groups is 1. The number of nitrogens with one attached hydrogen (secondary N) is 1. The van der Waals surface area contributed by atoms with Crippen molar-refractivity contribution in [3.63, 3.8) is 0 Å². The van der Waals surface area contributed by atoms with E-state index in [1.165, 1.54) is 12.1 Å². The third-order valence-corrected chi connectivity index (χ3v) is 3.24. The monoisotopic (exact) mass is 280 g/mol. The molecule has 1 atom stereocenters. The Morgan fingerprint density at radius 3 is 2.75 bits per heavy atom. The Morgan fingerprint density at radius 2 is 2.15 bits per heavy atom. The van der Waals surface area contributed by atoms with Gasteiger partial charge in [0.2, 0.25) is 0 Å². The lowest BCUT2D eigenvalue weighted by atomic mass is 10.0. The molecule has 0 saturated carbocycles. The highest BCUT2D eigenvalue weighted by Crippen LogP contribution is 2.22. The van der Waals surface area contributed by atoms with Crippen molar-refractivity contribution in [3.05, 3.63) is 33.9 Å². The Labute approximate surface area is 118 Å². The molecule has 1 unspecified atom stereocenters. The third-order valence-electron chi connectivity index (χ3n) is 3.24. The minimum absolute atomic E-state index is 0.0667. The molecule has 1 aromatic rings. The Morgan fingerprint density at radius 1 is 1.45 bits per heavy atom. The van der Waals surface area contributed by atoms with Crippen LogP contribution in [0, 0.1) is 23.0 Å². The second kappa shape index (κ2) is 7.47. The lowest BCUT2D eigenvalue weighted by Gasteiger charge is -2.13. The number of rotatable bonds is 8. The normalized spacial score (nSPS) is 11.9. The summed E-state index contributed by atoms with van der Waals surface area (Å²) in [6.45, 7) is 4.56. The third kappa shape index (κ3) is 5.26. The van der Waals surface area contributed by atoms with Gasteiger partial charge < -0.3 is 10.4 Å². The van der Waals surface area contributed by atoms with Crippen LogP contribution in [-0.4, -0.2) is 22.5 Å². The van der Waals surface area contributed by atoms with Crippen molar-refractivity contribution in [2.75, 3.05) is 11.9 Å². The summed E-state index contributed by atoms with van der Waals surface area (Å²) >= 11 is 0. The van der Waals surface area contributed by atoms with Gasteiger partial charge in [-0.3, -0.25) is 14.9 Å². The van der Waals surface area contributed by atoms with Gasteiger partial charge in [-0.2, -0.15) is 0 Å². The van der Waals surface area contributed by atoms with Crippen LogP contribution in [0.15, 0.2) is 18.2 Å². The number of nitro groups is 1. The van der Waals surface area contributed by atoms with Gasteiger partial charge in [0, 0.05) is 30.8 Å². The van der Waals surface area contributed by atoms with E-state index in [0.29, 0.717) is 18.9 Å². The molecule has 0 aromatic heterocycles. The molecule has 1 aromatic carbocycles. The zero-order valence-electron chi connectivity index (χ0n) is 11.8. The number of nitro benzene ring substituents is 1. The molecule has 6 nitrogen and oxygen atoms in total. The predicted octanol–water partition coefficient (Wildman–Crippen LogP) is 3.21. The second-order valence-corrected chi connectivity index (χ2v) is 5.01. The first-order valence-corrected chi connectivity index (χ1v) is 6.61. The molecule has 6 heteroatoms. The fourth-order valence-corrected chi connectivity index (χ4v) is 1.88. The number of non-ortho nitro benzene ring substituents is 1. The van der Waals surface area contributed by atoms with Crippen molar-refractivity contribution in [2.24, 2.45) is 5.92 Å². The van der Waals surface area contributed by atoms with Crippen LogP contribution in [-0.2, 0) is 4.79 Å². The smallest absolute Gasteiger partial charge is 0.303 e. The molecule has 20 heavy (non-hydrogen) atoms. The van der Waals surface area contributed by atoms with Gasteiger partial charge in [-0.1, -0.05) is 13.0 Å². The van der Waals surface area contributed by atoms with Gasteiger partial charge >= 0.3 is 5.97 Å². The summed E-state index contributed by atoms with van der Waals surface area (Å²) in [5.41, 5.74) is 1.77. The number of nitrogens with zero attached hydrogens (tertiary/aromatic N) is 1. The van der Waals surface area contributed by atoms with E-state index < -0.39 is 10.9 Å². The quantitative estimate of drug-likeness (QED) is 0.563. The molecule has 0 radical (unpaired) electrons. The molecule has 0 aliphatic carbocycles. The maximum absolute atomic E-state index is 10.7. The molecule has 0 spiro atoms. The van der Waals surface area contributed by atoms with Crippen LogP contribution < -0.4 is 5.32 Å². The van der Waals surface area contributed by atoms with Crippen LogP contribution >= 0.6 is 0 Å². The Kier molecular flexibility index (Phi) is 5.96. The number of hydrogen-bond acceptors (Lipinski definition) is 4. The first-order valence-electron chi connectivity index (χ1n) is 6.61. The molecule has 0 saturated heterocycles. The Balaban J connectivity index is 2.47. The maximum Gasteiger partial charge on any atom is 0.303 e. The highest BCUT2D eigenvalue weighted by Gasteiger charge is 2.09. The fourth-order valence-electron chi connectivity index (χ4n) is 1.88. The summed E-state index contributed by atoms with van der Waals surface area (Å²) in [5.74, 6) is -0.475. The van der Waals surface area contributed by atoms with Gasteiger partial charge in [-0.25, -0.2) is 0 Å². The lowest BCUT2D eigenvalue weighted by molar-refractivity contribution is -0.384. The molecule has 0 fully saturated rings. The summed E-state index contributed by atoms with van der Waals surface area (Å²) in [4.78, 5) is 20.8. The SMILES string of the molecule is Cc1ccc([N+](=O)[O-])cc1NCCC(C)CCC(=O)O. The summed E-state index contributed by atoms with van der Waals surface area (Å²) in [5, 5.41) is 22.5. The minimum Gasteiger partial charge on any atom is -0.481 e. The van der Waals surface area contributed by atoms with E-state index in [1.54, 1.807) is 6.07 Å². The second-order valence-electron chi connectivity index (χ2n) is 5.01. The number of aliphatic carboxylic acids is 1. The summed E-state index contributed by atoms with van der Waals surface area (Å²) in [6, 6.07) is 4.72. The van der Waals surface area contributed by atoms with E-state index in [9.17, 15) is 14.9 Å². The molecule has 2 N–H and O–H groups in total. The highest BCUT2D eigenvalue weighted by atomic mass is 16.6. The van der Waals surface area contributed by atoms with Gasteiger partial charge in [0.25, 0.3) is 5.69 Å². The van der Waals surface area contributed by atoms with Crippen LogP contribution in [0.25, 0.3) is 0 Å². The van der Waals surface area contributed by atoms with Crippen molar-refractivity contribution < 1.29 is 14.8 Å². The molecular formula is C14H20N2O4. The van der Waals surface area contributed by atoms with Gasteiger partial charge in [-0.15, -0.1) is 0 Å². The average molecular weight is 280 g/mol. The van der Waals surface area contributed by atoms with Gasteiger partial charge in [-0.05, 0) is 31.2 Å². The van der Waals surface area contributed by atoms with E-state index in [1.807, 2.05) is 13.8 Å². The number of hydrogen-bond donors (Lipinski definition) is 2. The van der Waals surface area contributed by atoms with Crippen LogP contribution in [0.4, 0.5) is 11.4 Å². The molecule has 0 heterocycles. The van der Waals surface area contributed by atoms with Crippen molar-refractivity contribution in [2.45, 2.75) is 33.1 Å². The van der Waals surface area contributed by atoms with Gasteiger partial charge in [0.1, 0.15) is 0 Å². The first kappa shape index (κ1) is 15.9. The maximum atomic E-state index is 10.7. The number of carboxylic acid groups (broad SMARTS) is 1. The van der Waals surface area contributed by atoms with Crippen LogP contribution in [0.1, 0.15) is 31.7 Å². The summed E-state index contributed by atoms with van der Waals surface area (Å²) in [7, 11) is 0. The molecule has 0 bridgehead atoms. The van der Waals surface area contributed by atoms with Crippen molar-refractivity contribution in [3.8, 4) is 0 Å². The largest absolute Gasteiger partial charge is 0.481 e. The van der Waals surface area contributed by atoms with Gasteiger partial charge in [0.15, 0.2) is 0 Å². The van der Waals surface area contributed by atoms with Crippen molar-refractivity contribution in [1.82, 2.24) is 0 Å². The number of carboxylic acids is 1. The summed E-state index contributed by atoms with van der Waals surface area (Å²) < 4.78 is 0. The predicted molar refractivity (Wildman–Crippen MR) is 77.0 cm³/mol. The fraction of sp³-hybridized carbons (Fsp3) is 0.500. The highest BCUT2D eigenvalue weighted by molar-refractivity contribution is 5.66. The van der Waals surface area contributed by atoms with Crippen LogP contribution in [0.3, 0.4) is 0 Å². The van der Waals surface area contributed by atoms with Crippen molar-refractivity contribution >= 4 is 17.3 Å². The molecule has 0 aliphatic rings. The molecule has 110 valence electrons. The zero-order valence-corrected chi connectivity index (χ0v) is 11.8. The standard InChI is InChI=1S/C14H20N2O4/c1-10(3-6-14(17)18)7-8-15-13-9-12(16(19)20)5-4-11(13)2/h4-5,9-10,15H,3,6-8H2,1-2H3,(H,17,18). The molecule has 0 aliphatic heterocycles. The molecular weight excluding hydrogens is 260 g/mol. The van der Waals surface area contributed by atoms with E-state index in [2.05, 4.69) is 5.32 Å². The molecule has 1 rings (SSSR count). The van der Waals surface area contributed by atoms with E-state index in [-0.39, 0.29) is 12.1 Å². The van der Waals surface area contributed by atoms with E-state index >= 15 is 0 Å². The van der Waals surface area contributed by atoms with Gasteiger partial charge in [0.05, 0.1) is 4.92 Å². The van der Waals surface area contributed by atoms with Crippen LogP contribution in [0.2, 0.25) is 0 Å². The topological polar surface area (TPSA) is 92.5 Å². The summed E-state index contributed by atoms with van der Waals surface area (Å²) in [6.07, 6.45) is 1.65. The average Bonchev–Trinajstić information content (AvgIpc) is 2.38.